The molecular weight excluding hydrogens is 1010 g/mol. The summed E-state index contributed by atoms with van der Waals surface area (Å²) in [5.41, 5.74) is 3.27. The zero-order valence-corrected chi connectivity index (χ0v) is 38.3. The van der Waals surface area contributed by atoms with Gasteiger partial charge < -0.3 is 21.1 Å². The molecule has 354 valence electrons. The maximum Gasteiger partial charge on any atom is 0.397 e. The van der Waals surface area contributed by atoms with Gasteiger partial charge in [0, 0.05) is 17.9 Å². The number of hydrogen-bond acceptors (Lipinski definition) is 22. The van der Waals surface area contributed by atoms with Crippen LogP contribution in [0.4, 0.5) is 51.7 Å². The van der Waals surface area contributed by atoms with Gasteiger partial charge in [-0.1, -0.05) is 18.2 Å². The molecule has 26 nitrogen and oxygen atoms in total. The van der Waals surface area contributed by atoms with Crippen LogP contribution in [0.1, 0.15) is 6.92 Å². The van der Waals surface area contributed by atoms with Gasteiger partial charge in [-0.25, -0.2) is 12.6 Å². The number of phenols is 1. The van der Waals surface area contributed by atoms with Crippen LogP contribution in [-0.4, -0.2) is 99.3 Å². The molecule has 0 aliphatic carbocycles. The molecule has 0 saturated heterocycles. The lowest BCUT2D eigenvalue weighted by Crippen LogP contribution is -2.19. The minimum Gasteiger partial charge on any atom is -0.505 e. The Morgan fingerprint density at radius 1 is 0.716 bits per heavy atom. The van der Waals surface area contributed by atoms with Gasteiger partial charge in [0.1, 0.15) is 31.7 Å². The molecule has 5 aromatic carbocycles. The zero-order chi connectivity index (χ0) is 49.3. The van der Waals surface area contributed by atoms with Gasteiger partial charge in [-0.15, -0.1) is 15.3 Å². The molecule has 0 bridgehead atoms. The lowest BCUT2D eigenvalue weighted by atomic mass is 10.1. The molecule has 32 heteroatoms. The Labute approximate surface area is 385 Å². The Kier molecular flexibility index (Phi) is 14.2. The molecule has 0 aliphatic rings. The van der Waals surface area contributed by atoms with E-state index in [1.54, 1.807) is 35.2 Å². The fraction of sp³-hybridized carbons (Fsp3) is 0.114. The Morgan fingerprint density at radius 3 is 1.90 bits per heavy atom. The molecule has 0 fully saturated rings. The number of nitrogen functional groups attached to an aromatic ring is 1. The van der Waals surface area contributed by atoms with Crippen LogP contribution in [-0.2, 0) is 54.8 Å². The molecule has 6 rings (SSSR count). The number of nitrogens with zero attached hydrogens (tertiary/aromatic N) is 8. The minimum atomic E-state index is -5.44. The Balaban J connectivity index is 1.43. The van der Waals surface area contributed by atoms with Crippen molar-refractivity contribution in [2.45, 2.75) is 26.5 Å². The van der Waals surface area contributed by atoms with Crippen LogP contribution in [0.25, 0.3) is 10.8 Å². The number of aromatic hydroxyl groups is 1. The van der Waals surface area contributed by atoms with Crippen molar-refractivity contribution >= 4 is 125 Å². The lowest BCUT2D eigenvalue weighted by Gasteiger charge is -2.21. The number of hydrogen-bond donors (Lipinski definition) is 7. The van der Waals surface area contributed by atoms with Gasteiger partial charge in [-0.2, -0.15) is 53.7 Å². The highest BCUT2D eigenvalue weighted by molar-refractivity contribution is 7.91. The largest absolute Gasteiger partial charge is 0.505 e. The van der Waals surface area contributed by atoms with Crippen LogP contribution in [0.2, 0.25) is 5.28 Å². The topological polar surface area (TPSA) is 410 Å². The quantitative estimate of drug-likeness (QED) is 0.0311. The van der Waals surface area contributed by atoms with Gasteiger partial charge in [0.05, 0.1) is 34.0 Å². The molecule has 67 heavy (non-hydrogen) atoms. The van der Waals surface area contributed by atoms with Crippen molar-refractivity contribution < 1.29 is 69.6 Å². The van der Waals surface area contributed by atoms with Gasteiger partial charge in [0.2, 0.25) is 17.2 Å². The summed E-state index contributed by atoms with van der Waals surface area (Å²) in [6.45, 7) is 1.29. The first-order valence-corrected chi connectivity index (χ1v) is 25.9. The van der Waals surface area contributed by atoms with Gasteiger partial charge in [0.25, 0.3) is 30.4 Å². The number of azo groups is 2. The van der Waals surface area contributed by atoms with Crippen LogP contribution in [0.3, 0.4) is 0 Å². The first kappa shape index (κ1) is 50.0. The van der Waals surface area contributed by atoms with Crippen molar-refractivity contribution in [3.63, 3.8) is 0 Å². The molecule has 8 N–H and O–H groups in total. The zero-order valence-electron chi connectivity index (χ0n) is 33.5. The summed E-state index contributed by atoms with van der Waals surface area (Å²) in [5.74, 6) is -2.16. The van der Waals surface area contributed by atoms with Gasteiger partial charge in [-0.05, 0) is 90.6 Å². The third-order valence-electron chi connectivity index (χ3n) is 8.89. The van der Waals surface area contributed by atoms with Crippen molar-refractivity contribution in [1.29, 1.82) is 0 Å². The number of benzene rings is 5. The van der Waals surface area contributed by atoms with E-state index in [0.29, 0.717) is 24.4 Å². The van der Waals surface area contributed by atoms with Crippen LogP contribution in [0.5, 0.6) is 5.75 Å². The van der Waals surface area contributed by atoms with E-state index in [1.807, 2.05) is 6.92 Å². The fourth-order valence-electron chi connectivity index (χ4n) is 5.99. The number of halogens is 1. The molecule has 0 saturated carbocycles. The van der Waals surface area contributed by atoms with E-state index in [2.05, 4.69) is 44.9 Å². The molecule has 1 aromatic heterocycles. The van der Waals surface area contributed by atoms with Crippen LogP contribution < -0.4 is 16.0 Å². The molecule has 0 amide bonds. The predicted octanol–water partition coefficient (Wildman–Crippen LogP) is 6.03. The second kappa shape index (κ2) is 19.1. The lowest BCUT2D eigenvalue weighted by molar-refractivity contribution is 0.284. The molecule has 0 aliphatic heterocycles. The van der Waals surface area contributed by atoms with Crippen molar-refractivity contribution in [3.05, 3.63) is 90.2 Å². The third-order valence-corrected chi connectivity index (χ3v) is 13.9. The van der Waals surface area contributed by atoms with E-state index in [1.165, 1.54) is 0 Å². The maximum absolute atomic E-state index is 12.7. The molecule has 0 radical (unpaired) electrons. The van der Waals surface area contributed by atoms with Crippen molar-refractivity contribution in [3.8, 4) is 5.75 Å². The smallest absolute Gasteiger partial charge is 0.397 e. The molecule has 1 heterocycles. The molecule has 6 aromatic rings. The number of sulfone groups is 1. The van der Waals surface area contributed by atoms with Crippen LogP contribution in [0, 0.1) is 0 Å². The summed E-state index contributed by atoms with van der Waals surface area (Å²) in [6.07, 6.45) is 0. The normalized spacial score (nSPS) is 12.9. The first-order valence-electron chi connectivity index (χ1n) is 18.1. The average molecular weight is 1040 g/mol. The number of fused-ring (bicyclic) bond motifs is 1. The average Bonchev–Trinajstić information content (AvgIpc) is 3.21. The molecule has 0 atom stereocenters. The molecular formula is C35H31ClN10O16S5. The second-order valence-corrected chi connectivity index (χ2v) is 21.0. The number of nitrogens with one attached hydrogen (secondary N) is 1. The number of rotatable bonds is 17. The number of aromatic nitrogens is 3. The summed E-state index contributed by atoms with van der Waals surface area (Å²) in [4.78, 5) is 10.7. The number of anilines is 5. The highest BCUT2D eigenvalue weighted by atomic mass is 35.5. The van der Waals surface area contributed by atoms with E-state index >= 15 is 0 Å². The number of para-hydroxylation sites is 1. The summed E-state index contributed by atoms with van der Waals surface area (Å²) in [6, 6.07) is 17.2. The number of nitrogens with two attached hydrogens (primary N) is 1. The molecule has 0 unspecified atom stereocenters. The minimum absolute atomic E-state index is 0.0198. The Bertz CT molecular complexity index is 3570. The predicted molar refractivity (Wildman–Crippen MR) is 238 cm³/mol. The molecule has 0 spiro atoms. The first-order chi connectivity index (χ1) is 31.2. The van der Waals surface area contributed by atoms with E-state index in [4.69, 9.17) is 21.9 Å². The maximum atomic E-state index is 12.7. The van der Waals surface area contributed by atoms with E-state index in [-0.39, 0.29) is 33.5 Å². The SMILES string of the molecule is CCN(c1ccccc1)c1nc(Cl)nc(Nc2ccc(S(=O)(=O)O)c(N=Nc3c(S(=O)(=O)O)cc4cc(S(=O)(=O)O)c(N=Nc5ccc(S(=O)(=O)CCOS(=O)(=O)O)cc5)c(N)c4c3O)c2)n1. The van der Waals surface area contributed by atoms with Crippen molar-refractivity contribution in [1.82, 2.24) is 15.0 Å². The second-order valence-electron chi connectivity index (χ2n) is 13.3. The third kappa shape index (κ3) is 12.0. The van der Waals surface area contributed by atoms with Crippen LogP contribution in [0.15, 0.2) is 125 Å². The van der Waals surface area contributed by atoms with Gasteiger partial charge >= 0.3 is 10.4 Å². The monoisotopic (exact) mass is 1040 g/mol. The van der Waals surface area contributed by atoms with E-state index in [0.717, 1.165) is 42.5 Å². The number of phenolic OH excluding ortho intramolecular Hbond substituents is 1. The fourth-order valence-corrected chi connectivity index (χ4v) is 9.56. The summed E-state index contributed by atoms with van der Waals surface area (Å²) in [7, 11) is -25.0. The van der Waals surface area contributed by atoms with Crippen molar-refractivity contribution in [2.75, 3.05) is 34.9 Å². The summed E-state index contributed by atoms with van der Waals surface area (Å²) >= 11 is 6.21. The standard InChI is InChI=1S/C35H31ClN10O16S5/c1-2-46(22-6-4-3-5-7-22)35-40-33(36)39-34(41-35)38-21-10-13-25(64(50,51)52)24(18-21)43-45-31-27(66(56,57)58)17-19-16-26(65(53,54)55)30(29(37)28(19)32(31)47)44-42-20-8-11-23(12-9-20)63(48,49)15-14-62-67(59,60)61/h3-13,16-18,47H,2,14-15,37H2,1H3,(H,50,51,52)(H,53,54,55)(H,56,57,58)(H,59,60,61)(H,38,39,40,41). The Morgan fingerprint density at radius 2 is 1.31 bits per heavy atom. The van der Waals surface area contributed by atoms with Gasteiger partial charge in [-0.3, -0.25) is 18.2 Å². The van der Waals surface area contributed by atoms with E-state index in [9.17, 15) is 60.9 Å². The van der Waals surface area contributed by atoms with Crippen LogP contribution >= 0.6 is 11.6 Å². The summed E-state index contributed by atoms with van der Waals surface area (Å²) in [5, 5.41) is 27.9. The highest BCUT2D eigenvalue weighted by Gasteiger charge is 2.29. The highest BCUT2D eigenvalue weighted by Crippen LogP contribution is 2.48. The van der Waals surface area contributed by atoms with Gasteiger partial charge in [0.15, 0.2) is 15.6 Å². The van der Waals surface area contributed by atoms with Crippen molar-refractivity contribution in [2.24, 2.45) is 20.5 Å². The van der Waals surface area contributed by atoms with E-state index < -0.39 is 117 Å². The Hall–Kier alpha value is -6.39. The summed E-state index contributed by atoms with van der Waals surface area (Å²) < 4.78 is 165.